The number of phenolic OH excluding ortho intramolecular Hbond substituents is 1. The fourth-order valence-corrected chi connectivity index (χ4v) is 2.02. The van der Waals surface area contributed by atoms with Gasteiger partial charge in [0.2, 0.25) is 0 Å². The normalized spacial score (nSPS) is 11.7. The molecule has 0 aliphatic heterocycles. The Bertz CT molecular complexity index is 745. The van der Waals surface area contributed by atoms with Crippen molar-refractivity contribution in [2.45, 2.75) is 13.0 Å². The van der Waals surface area contributed by atoms with Gasteiger partial charge in [0.15, 0.2) is 5.75 Å². The van der Waals surface area contributed by atoms with Crippen molar-refractivity contribution in [3.05, 3.63) is 63.7 Å². The summed E-state index contributed by atoms with van der Waals surface area (Å²) in [5, 5.41) is 22.9. The van der Waals surface area contributed by atoms with E-state index in [0.29, 0.717) is 5.69 Å². The number of phenols is 1. The van der Waals surface area contributed by atoms with E-state index in [9.17, 15) is 20.0 Å². The summed E-state index contributed by atoms with van der Waals surface area (Å²) in [6.07, 6.45) is -0.124. The van der Waals surface area contributed by atoms with Crippen LogP contribution in [-0.2, 0) is 4.74 Å². The number of nitrogens with zero attached hydrogens (tertiary/aromatic N) is 1. The number of hydrogen-bond acceptors (Lipinski definition) is 5. The van der Waals surface area contributed by atoms with Crippen molar-refractivity contribution >= 4 is 17.3 Å². The molecule has 2 aromatic carbocycles. The molecule has 0 spiro atoms. The minimum absolute atomic E-state index is 0.0830. The monoisotopic (exact) mass is 316 g/mol. The predicted octanol–water partition coefficient (Wildman–Crippen LogP) is 3.26. The van der Waals surface area contributed by atoms with Crippen LogP contribution in [-0.4, -0.2) is 23.0 Å². The van der Waals surface area contributed by atoms with Gasteiger partial charge in [-0.3, -0.25) is 14.9 Å². The zero-order valence-electron chi connectivity index (χ0n) is 12.6. The number of nitro groups is 1. The van der Waals surface area contributed by atoms with Crippen LogP contribution in [0.4, 0.5) is 11.4 Å². The van der Waals surface area contributed by atoms with Crippen LogP contribution in [0.15, 0.2) is 42.5 Å². The van der Waals surface area contributed by atoms with E-state index in [4.69, 9.17) is 4.74 Å². The fourth-order valence-electron chi connectivity index (χ4n) is 2.02. The summed E-state index contributed by atoms with van der Waals surface area (Å²) in [7, 11) is 1.59. The highest BCUT2D eigenvalue weighted by Crippen LogP contribution is 2.27. The third-order valence-electron chi connectivity index (χ3n) is 3.40. The molecule has 7 nitrogen and oxygen atoms in total. The number of carbonyl (C=O) groups is 1. The molecule has 0 aromatic heterocycles. The van der Waals surface area contributed by atoms with Crippen molar-refractivity contribution in [3.8, 4) is 5.75 Å². The zero-order chi connectivity index (χ0) is 17.0. The lowest BCUT2D eigenvalue weighted by Gasteiger charge is -2.12. The largest absolute Gasteiger partial charge is 0.502 e. The SMILES string of the molecule is CO[C@H](C)c1cccc(NC(=O)c2ccc(O)c([N+](=O)[O-])c2)c1. The van der Waals surface area contributed by atoms with Crippen molar-refractivity contribution in [2.75, 3.05) is 12.4 Å². The summed E-state index contributed by atoms with van der Waals surface area (Å²) in [6, 6.07) is 10.6. The average molecular weight is 316 g/mol. The van der Waals surface area contributed by atoms with Crippen LogP contribution in [0.5, 0.6) is 5.75 Å². The Balaban J connectivity index is 2.22. The molecule has 0 heterocycles. The molecule has 1 atom stereocenters. The van der Waals surface area contributed by atoms with Gasteiger partial charge in [-0.25, -0.2) is 0 Å². The summed E-state index contributed by atoms with van der Waals surface area (Å²) >= 11 is 0. The third-order valence-corrected chi connectivity index (χ3v) is 3.40. The highest BCUT2D eigenvalue weighted by atomic mass is 16.6. The standard InChI is InChI=1S/C16H16N2O5/c1-10(23-2)11-4-3-5-13(8-11)17-16(20)12-6-7-15(19)14(9-12)18(21)22/h3-10,19H,1-2H3,(H,17,20)/t10-/m1/s1. The van der Waals surface area contributed by atoms with E-state index < -0.39 is 22.3 Å². The first-order valence-corrected chi connectivity index (χ1v) is 6.84. The van der Waals surface area contributed by atoms with Crippen molar-refractivity contribution < 1.29 is 19.6 Å². The van der Waals surface area contributed by atoms with Gasteiger partial charge in [0.25, 0.3) is 5.91 Å². The van der Waals surface area contributed by atoms with Crippen LogP contribution in [0, 0.1) is 10.1 Å². The highest BCUT2D eigenvalue weighted by molar-refractivity contribution is 6.04. The molecule has 0 saturated carbocycles. The van der Waals surface area contributed by atoms with E-state index in [1.807, 2.05) is 13.0 Å². The topological polar surface area (TPSA) is 102 Å². The van der Waals surface area contributed by atoms with E-state index in [0.717, 1.165) is 17.7 Å². The Hall–Kier alpha value is -2.93. The van der Waals surface area contributed by atoms with Crippen LogP contribution in [0.25, 0.3) is 0 Å². The summed E-state index contributed by atoms with van der Waals surface area (Å²) < 4.78 is 5.22. The Morgan fingerprint density at radius 1 is 1.30 bits per heavy atom. The molecule has 120 valence electrons. The van der Waals surface area contributed by atoms with E-state index in [1.54, 1.807) is 25.3 Å². The fraction of sp³-hybridized carbons (Fsp3) is 0.188. The number of rotatable bonds is 5. The number of ether oxygens (including phenoxy) is 1. The highest BCUT2D eigenvalue weighted by Gasteiger charge is 2.17. The van der Waals surface area contributed by atoms with E-state index in [1.165, 1.54) is 6.07 Å². The van der Waals surface area contributed by atoms with Gasteiger partial charge in [0.05, 0.1) is 11.0 Å². The number of amides is 1. The predicted molar refractivity (Wildman–Crippen MR) is 84.6 cm³/mol. The number of hydrogen-bond donors (Lipinski definition) is 2. The first-order chi connectivity index (χ1) is 10.9. The van der Waals surface area contributed by atoms with Crippen molar-refractivity contribution in [3.63, 3.8) is 0 Å². The minimum Gasteiger partial charge on any atom is -0.502 e. The molecule has 2 N–H and O–H groups in total. The Labute approximate surface area is 132 Å². The molecule has 1 amide bonds. The minimum atomic E-state index is -0.743. The molecule has 0 aliphatic rings. The Morgan fingerprint density at radius 3 is 2.70 bits per heavy atom. The first kappa shape index (κ1) is 16.4. The number of aromatic hydroxyl groups is 1. The lowest BCUT2D eigenvalue weighted by molar-refractivity contribution is -0.385. The molecular formula is C16H16N2O5. The summed E-state index contributed by atoms with van der Waals surface area (Å²) in [4.78, 5) is 22.3. The number of anilines is 1. The molecule has 0 aliphatic carbocycles. The van der Waals surface area contributed by atoms with Gasteiger partial charge in [-0.05, 0) is 36.8 Å². The Kier molecular flexibility index (Phi) is 4.92. The maximum Gasteiger partial charge on any atom is 0.311 e. The Morgan fingerprint density at radius 2 is 2.04 bits per heavy atom. The van der Waals surface area contributed by atoms with Crippen molar-refractivity contribution in [1.29, 1.82) is 0 Å². The third kappa shape index (κ3) is 3.83. The number of methoxy groups -OCH3 is 1. The number of nitrogens with one attached hydrogen (secondary N) is 1. The van der Waals surface area contributed by atoms with Gasteiger partial charge in [-0.2, -0.15) is 0 Å². The van der Waals surface area contributed by atoms with E-state index in [-0.39, 0.29) is 11.7 Å². The maximum atomic E-state index is 12.2. The number of carbonyl (C=O) groups excluding carboxylic acids is 1. The quantitative estimate of drug-likeness (QED) is 0.651. The van der Waals surface area contributed by atoms with Gasteiger partial charge in [0.1, 0.15) is 0 Å². The van der Waals surface area contributed by atoms with Gasteiger partial charge in [0, 0.05) is 24.4 Å². The van der Waals surface area contributed by atoms with Crippen LogP contribution in [0.1, 0.15) is 28.9 Å². The smallest absolute Gasteiger partial charge is 0.311 e. The molecule has 2 rings (SSSR count). The summed E-state index contributed by atoms with van der Waals surface area (Å²) in [5.41, 5.74) is 1.01. The van der Waals surface area contributed by atoms with Crippen LogP contribution >= 0.6 is 0 Å². The second-order valence-corrected chi connectivity index (χ2v) is 4.92. The average Bonchev–Trinajstić information content (AvgIpc) is 2.54. The second-order valence-electron chi connectivity index (χ2n) is 4.92. The first-order valence-electron chi connectivity index (χ1n) is 6.84. The zero-order valence-corrected chi connectivity index (χ0v) is 12.6. The van der Waals surface area contributed by atoms with Crippen LogP contribution < -0.4 is 5.32 Å². The number of nitro benzene ring substituents is 1. The van der Waals surface area contributed by atoms with Crippen LogP contribution in [0.2, 0.25) is 0 Å². The van der Waals surface area contributed by atoms with Crippen molar-refractivity contribution in [1.82, 2.24) is 0 Å². The van der Waals surface area contributed by atoms with Gasteiger partial charge < -0.3 is 15.2 Å². The molecule has 0 fully saturated rings. The van der Waals surface area contributed by atoms with Crippen molar-refractivity contribution in [2.24, 2.45) is 0 Å². The summed E-state index contributed by atoms with van der Waals surface area (Å²) in [6.45, 7) is 1.88. The lowest BCUT2D eigenvalue weighted by atomic mass is 10.1. The molecule has 0 unspecified atom stereocenters. The number of benzene rings is 2. The lowest BCUT2D eigenvalue weighted by Crippen LogP contribution is -2.12. The van der Waals surface area contributed by atoms with Crippen LogP contribution in [0.3, 0.4) is 0 Å². The molecular weight excluding hydrogens is 300 g/mol. The molecule has 23 heavy (non-hydrogen) atoms. The van der Waals surface area contributed by atoms with Gasteiger partial charge in [-0.1, -0.05) is 12.1 Å². The maximum absolute atomic E-state index is 12.2. The van der Waals surface area contributed by atoms with E-state index in [2.05, 4.69) is 5.32 Å². The summed E-state index contributed by atoms with van der Waals surface area (Å²) in [5.74, 6) is -0.988. The molecule has 7 heteroatoms. The van der Waals surface area contributed by atoms with Gasteiger partial charge in [-0.15, -0.1) is 0 Å². The van der Waals surface area contributed by atoms with Gasteiger partial charge >= 0.3 is 5.69 Å². The molecule has 0 saturated heterocycles. The second kappa shape index (κ2) is 6.89. The molecule has 2 aromatic rings. The van der Waals surface area contributed by atoms with E-state index >= 15 is 0 Å². The molecule has 0 bridgehead atoms. The molecule has 0 radical (unpaired) electrons.